The van der Waals surface area contributed by atoms with Crippen LogP contribution in [0.2, 0.25) is 5.02 Å². The van der Waals surface area contributed by atoms with Gasteiger partial charge in [-0.2, -0.15) is 0 Å². The summed E-state index contributed by atoms with van der Waals surface area (Å²) in [5.41, 5.74) is 1.07. The van der Waals surface area contributed by atoms with E-state index in [4.69, 9.17) is 21.1 Å². The molecular formula is C17H11ClFNO3. The molecule has 4 nitrogen and oxygen atoms in total. The van der Waals surface area contributed by atoms with E-state index in [1.54, 1.807) is 30.3 Å². The number of nitrogens with zero attached hydrogens (tertiary/aromatic N) is 1. The number of rotatable bonds is 3. The van der Waals surface area contributed by atoms with Crippen molar-refractivity contribution >= 4 is 29.5 Å². The minimum atomic E-state index is -0.615. The molecule has 0 saturated carbocycles. The molecule has 2 aromatic rings. The average Bonchev–Trinajstić information content (AvgIpc) is 2.88. The highest BCUT2D eigenvalue weighted by atomic mass is 35.5. The van der Waals surface area contributed by atoms with Gasteiger partial charge in [-0.05, 0) is 42.0 Å². The van der Waals surface area contributed by atoms with Gasteiger partial charge in [0.2, 0.25) is 5.90 Å². The third-order valence-electron chi connectivity index (χ3n) is 3.18. The zero-order valence-corrected chi connectivity index (χ0v) is 12.8. The first-order valence-corrected chi connectivity index (χ1v) is 7.06. The smallest absolute Gasteiger partial charge is 0.363 e. The molecule has 0 unspecified atom stereocenters. The van der Waals surface area contributed by atoms with E-state index < -0.39 is 11.8 Å². The van der Waals surface area contributed by atoms with E-state index in [2.05, 4.69) is 4.99 Å². The van der Waals surface area contributed by atoms with Crippen LogP contribution >= 0.6 is 11.6 Å². The predicted octanol–water partition coefficient (Wildman–Crippen LogP) is 3.83. The summed E-state index contributed by atoms with van der Waals surface area (Å²) in [5.74, 6) is -0.325. The van der Waals surface area contributed by atoms with Crippen LogP contribution in [-0.2, 0) is 9.53 Å². The molecule has 0 bridgehead atoms. The maximum atomic E-state index is 13.2. The lowest BCUT2D eigenvalue weighted by Gasteiger charge is -2.05. The molecule has 0 saturated heterocycles. The van der Waals surface area contributed by atoms with Crippen molar-refractivity contribution in [2.45, 2.75) is 0 Å². The molecule has 0 amide bonds. The summed E-state index contributed by atoms with van der Waals surface area (Å²) in [5, 5.41) is 0.350. The van der Waals surface area contributed by atoms with Crippen molar-refractivity contribution in [3.05, 3.63) is 70.1 Å². The quantitative estimate of drug-likeness (QED) is 0.634. The van der Waals surface area contributed by atoms with Gasteiger partial charge >= 0.3 is 5.97 Å². The summed E-state index contributed by atoms with van der Waals surface area (Å²) in [6.07, 6.45) is 1.45. The number of halogens is 2. The van der Waals surface area contributed by atoms with Gasteiger partial charge in [0.25, 0.3) is 0 Å². The summed E-state index contributed by atoms with van der Waals surface area (Å²) < 4.78 is 23.4. The SMILES string of the molecule is COc1ccc(C2=N/C(=C\c3cccc(F)c3)C(=O)O2)c(Cl)c1. The number of methoxy groups -OCH3 is 1. The second-order valence-electron chi connectivity index (χ2n) is 4.74. The maximum absolute atomic E-state index is 13.2. The predicted molar refractivity (Wildman–Crippen MR) is 85.0 cm³/mol. The van der Waals surface area contributed by atoms with Crippen LogP contribution < -0.4 is 4.74 Å². The van der Waals surface area contributed by atoms with Crippen LogP contribution in [0, 0.1) is 5.82 Å². The number of carbonyl (C=O) groups is 1. The van der Waals surface area contributed by atoms with Crippen LogP contribution in [0.15, 0.2) is 53.2 Å². The first-order valence-electron chi connectivity index (χ1n) is 6.69. The highest BCUT2D eigenvalue weighted by Crippen LogP contribution is 2.27. The fourth-order valence-corrected chi connectivity index (χ4v) is 2.33. The van der Waals surface area contributed by atoms with E-state index in [0.29, 0.717) is 21.9 Å². The second-order valence-corrected chi connectivity index (χ2v) is 5.14. The Labute approximate surface area is 136 Å². The lowest BCUT2D eigenvalue weighted by molar-refractivity contribution is -0.129. The van der Waals surface area contributed by atoms with Gasteiger partial charge in [-0.25, -0.2) is 14.2 Å². The Hall–Kier alpha value is -2.66. The fraction of sp³-hybridized carbons (Fsp3) is 0.0588. The zero-order valence-electron chi connectivity index (χ0n) is 12.0. The van der Waals surface area contributed by atoms with Crippen molar-refractivity contribution in [2.24, 2.45) is 4.99 Å². The van der Waals surface area contributed by atoms with E-state index in [0.717, 1.165) is 0 Å². The molecule has 0 atom stereocenters. The number of carbonyl (C=O) groups excluding carboxylic acids is 1. The fourth-order valence-electron chi connectivity index (χ4n) is 2.07. The standard InChI is InChI=1S/C17H11ClFNO3/c1-22-12-5-6-13(14(18)9-12)16-20-15(17(21)23-16)8-10-3-2-4-11(19)7-10/h2-9H,1H3/b15-8-. The van der Waals surface area contributed by atoms with Crippen LogP contribution in [0.1, 0.15) is 11.1 Å². The van der Waals surface area contributed by atoms with E-state index in [1.165, 1.54) is 25.3 Å². The lowest BCUT2D eigenvalue weighted by Crippen LogP contribution is -2.06. The second kappa shape index (κ2) is 6.22. The first kappa shape index (κ1) is 15.2. The Morgan fingerprint density at radius 2 is 2.09 bits per heavy atom. The molecule has 0 fully saturated rings. The Kier molecular flexibility index (Phi) is 4.12. The van der Waals surface area contributed by atoms with Crippen molar-refractivity contribution in [1.29, 1.82) is 0 Å². The van der Waals surface area contributed by atoms with Gasteiger partial charge in [-0.3, -0.25) is 0 Å². The monoisotopic (exact) mass is 331 g/mol. The highest BCUT2D eigenvalue weighted by molar-refractivity contribution is 6.34. The van der Waals surface area contributed by atoms with E-state index in [-0.39, 0.29) is 11.6 Å². The van der Waals surface area contributed by atoms with Gasteiger partial charge < -0.3 is 9.47 Å². The van der Waals surface area contributed by atoms with Gasteiger partial charge in [0.1, 0.15) is 11.6 Å². The molecule has 0 radical (unpaired) electrons. The third kappa shape index (κ3) is 3.24. The zero-order chi connectivity index (χ0) is 16.4. The van der Waals surface area contributed by atoms with Crippen molar-refractivity contribution in [3.63, 3.8) is 0 Å². The van der Waals surface area contributed by atoms with Crippen LogP contribution in [0.25, 0.3) is 6.08 Å². The Morgan fingerprint density at radius 1 is 1.26 bits per heavy atom. The average molecular weight is 332 g/mol. The van der Waals surface area contributed by atoms with Crippen molar-refractivity contribution < 1.29 is 18.7 Å². The minimum Gasteiger partial charge on any atom is -0.497 e. The number of hydrogen-bond acceptors (Lipinski definition) is 4. The summed E-state index contributed by atoms with van der Waals surface area (Å²) >= 11 is 6.14. The molecule has 0 N–H and O–H groups in total. The Morgan fingerprint density at radius 3 is 2.78 bits per heavy atom. The lowest BCUT2D eigenvalue weighted by atomic mass is 10.2. The normalized spacial score (nSPS) is 15.5. The molecule has 2 aromatic carbocycles. The van der Waals surface area contributed by atoms with Gasteiger partial charge in [-0.15, -0.1) is 0 Å². The molecule has 116 valence electrons. The summed E-state index contributed by atoms with van der Waals surface area (Å²) in [6.45, 7) is 0. The molecule has 0 aromatic heterocycles. The van der Waals surface area contributed by atoms with Crippen LogP contribution in [-0.4, -0.2) is 19.0 Å². The van der Waals surface area contributed by atoms with Gasteiger partial charge in [0, 0.05) is 0 Å². The number of cyclic esters (lactones) is 1. The molecule has 23 heavy (non-hydrogen) atoms. The third-order valence-corrected chi connectivity index (χ3v) is 3.49. The molecule has 1 aliphatic heterocycles. The van der Waals surface area contributed by atoms with E-state index in [9.17, 15) is 9.18 Å². The Balaban J connectivity index is 1.95. The molecule has 3 rings (SSSR count). The van der Waals surface area contributed by atoms with E-state index in [1.807, 2.05) is 0 Å². The van der Waals surface area contributed by atoms with Crippen molar-refractivity contribution in [2.75, 3.05) is 7.11 Å². The maximum Gasteiger partial charge on any atom is 0.363 e. The first-order chi connectivity index (χ1) is 11.1. The number of hydrogen-bond donors (Lipinski definition) is 0. The van der Waals surface area contributed by atoms with Gasteiger partial charge in [0.15, 0.2) is 5.70 Å². The van der Waals surface area contributed by atoms with Crippen molar-refractivity contribution in [3.8, 4) is 5.75 Å². The molecule has 1 aliphatic rings. The topological polar surface area (TPSA) is 47.9 Å². The van der Waals surface area contributed by atoms with Gasteiger partial charge in [0.05, 0.1) is 17.7 Å². The highest BCUT2D eigenvalue weighted by Gasteiger charge is 2.25. The Bertz CT molecular complexity index is 845. The largest absolute Gasteiger partial charge is 0.497 e. The molecule has 6 heteroatoms. The van der Waals surface area contributed by atoms with Crippen LogP contribution in [0.3, 0.4) is 0 Å². The van der Waals surface area contributed by atoms with Crippen LogP contribution in [0.5, 0.6) is 5.75 Å². The molecule has 1 heterocycles. The van der Waals surface area contributed by atoms with Crippen LogP contribution in [0.4, 0.5) is 4.39 Å². The molecule has 0 spiro atoms. The summed E-state index contributed by atoms with van der Waals surface area (Å²) in [4.78, 5) is 16.1. The number of esters is 1. The molecular weight excluding hydrogens is 321 g/mol. The number of aliphatic imine (C=N–C) groups is 1. The summed E-state index contributed by atoms with van der Waals surface area (Å²) in [6, 6.07) is 10.8. The van der Waals surface area contributed by atoms with E-state index >= 15 is 0 Å². The minimum absolute atomic E-state index is 0.0810. The molecule has 0 aliphatic carbocycles. The number of benzene rings is 2. The van der Waals surface area contributed by atoms with Gasteiger partial charge in [-0.1, -0.05) is 23.7 Å². The summed E-state index contributed by atoms with van der Waals surface area (Å²) in [7, 11) is 1.53. The number of ether oxygens (including phenoxy) is 2. The van der Waals surface area contributed by atoms with Crippen molar-refractivity contribution in [1.82, 2.24) is 0 Å².